The molecular weight excluding hydrogens is 240 g/mol. The molecule has 1 aromatic rings. The second-order valence-electron chi connectivity index (χ2n) is 4.90. The predicted molar refractivity (Wildman–Crippen MR) is 68.4 cm³/mol. The minimum absolute atomic E-state index is 0. The first kappa shape index (κ1) is 14.1. The van der Waals surface area contributed by atoms with Crippen molar-refractivity contribution in [1.82, 2.24) is 4.90 Å². The van der Waals surface area contributed by atoms with Gasteiger partial charge in [0.2, 0.25) is 0 Å². The normalized spacial score (nSPS) is 23.6. The molecule has 17 heavy (non-hydrogen) atoms. The van der Waals surface area contributed by atoms with E-state index in [1.165, 1.54) is 0 Å². The summed E-state index contributed by atoms with van der Waals surface area (Å²) in [6, 6.07) is 3.54. The minimum Gasteiger partial charge on any atom is -0.456 e. The van der Waals surface area contributed by atoms with Crippen molar-refractivity contribution in [2.24, 2.45) is 11.1 Å². The standard InChI is InChI=1S/C12H18N2O2.ClH/c1-9-3-4-10(16-9)11(15)14-6-5-12(2,7-13)8-14;/h3-4H,5-8,13H2,1-2H3;1H. The molecule has 1 amide bonds. The van der Waals surface area contributed by atoms with Gasteiger partial charge in [-0.1, -0.05) is 6.92 Å². The summed E-state index contributed by atoms with van der Waals surface area (Å²) in [6.45, 7) is 6.07. The molecule has 1 aliphatic heterocycles. The topological polar surface area (TPSA) is 59.5 Å². The highest BCUT2D eigenvalue weighted by Crippen LogP contribution is 2.29. The molecule has 0 bridgehead atoms. The first-order valence-electron chi connectivity index (χ1n) is 5.60. The van der Waals surface area contributed by atoms with Crippen LogP contribution in [-0.2, 0) is 0 Å². The van der Waals surface area contributed by atoms with Crippen molar-refractivity contribution in [3.8, 4) is 0 Å². The summed E-state index contributed by atoms with van der Waals surface area (Å²) in [7, 11) is 0. The van der Waals surface area contributed by atoms with Crippen LogP contribution in [-0.4, -0.2) is 30.4 Å². The molecule has 96 valence electrons. The Balaban J connectivity index is 0.00000144. The average Bonchev–Trinajstić information content (AvgIpc) is 2.85. The first-order valence-corrected chi connectivity index (χ1v) is 5.60. The van der Waals surface area contributed by atoms with Crippen molar-refractivity contribution in [3.63, 3.8) is 0 Å². The van der Waals surface area contributed by atoms with Crippen LogP contribution in [0.5, 0.6) is 0 Å². The molecule has 0 radical (unpaired) electrons. The van der Waals surface area contributed by atoms with Gasteiger partial charge >= 0.3 is 0 Å². The molecule has 0 aromatic carbocycles. The highest BCUT2D eigenvalue weighted by Gasteiger charge is 2.35. The van der Waals surface area contributed by atoms with Gasteiger partial charge in [0.15, 0.2) is 5.76 Å². The van der Waals surface area contributed by atoms with Crippen molar-refractivity contribution in [2.45, 2.75) is 20.3 Å². The first-order chi connectivity index (χ1) is 7.54. The van der Waals surface area contributed by atoms with Gasteiger partial charge in [-0.2, -0.15) is 0 Å². The number of aryl methyl sites for hydroxylation is 1. The summed E-state index contributed by atoms with van der Waals surface area (Å²) in [6.07, 6.45) is 0.967. The number of likely N-dealkylation sites (tertiary alicyclic amines) is 1. The molecule has 2 heterocycles. The second-order valence-corrected chi connectivity index (χ2v) is 4.90. The van der Waals surface area contributed by atoms with Crippen LogP contribution in [0.4, 0.5) is 0 Å². The van der Waals surface area contributed by atoms with Crippen molar-refractivity contribution in [3.05, 3.63) is 23.7 Å². The molecule has 1 aliphatic rings. The lowest BCUT2D eigenvalue weighted by Crippen LogP contribution is -2.34. The van der Waals surface area contributed by atoms with Crippen LogP contribution in [0.1, 0.15) is 29.7 Å². The maximum atomic E-state index is 12.1. The Hall–Kier alpha value is -1.00. The van der Waals surface area contributed by atoms with E-state index >= 15 is 0 Å². The average molecular weight is 259 g/mol. The van der Waals surface area contributed by atoms with E-state index in [0.717, 1.165) is 25.3 Å². The van der Waals surface area contributed by atoms with Gasteiger partial charge in [-0.3, -0.25) is 4.79 Å². The summed E-state index contributed by atoms with van der Waals surface area (Å²) in [5, 5.41) is 0. The van der Waals surface area contributed by atoms with Crippen molar-refractivity contribution >= 4 is 18.3 Å². The van der Waals surface area contributed by atoms with E-state index < -0.39 is 0 Å². The molecule has 1 fully saturated rings. The molecule has 5 heteroatoms. The Bertz CT molecular complexity index is 405. The van der Waals surface area contributed by atoms with Gasteiger partial charge in [-0.05, 0) is 37.4 Å². The molecule has 2 rings (SSSR count). The van der Waals surface area contributed by atoms with Gasteiger partial charge in [0, 0.05) is 13.1 Å². The summed E-state index contributed by atoms with van der Waals surface area (Å²) in [5.41, 5.74) is 5.78. The highest BCUT2D eigenvalue weighted by atomic mass is 35.5. The summed E-state index contributed by atoms with van der Waals surface area (Å²) < 4.78 is 5.34. The third kappa shape index (κ3) is 2.82. The summed E-state index contributed by atoms with van der Waals surface area (Å²) in [5.74, 6) is 1.17. The van der Waals surface area contributed by atoms with Crippen LogP contribution < -0.4 is 5.73 Å². The summed E-state index contributed by atoms with van der Waals surface area (Å²) in [4.78, 5) is 13.9. The molecule has 1 saturated heterocycles. The van der Waals surface area contributed by atoms with Gasteiger partial charge in [-0.25, -0.2) is 0 Å². The number of rotatable bonds is 2. The number of hydrogen-bond donors (Lipinski definition) is 1. The third-order valence-electron chi connectivity index (χ3n) is 3.29. The van der Waals surface area contributed by atoms with Crippen molar-refractivity contribution in [1.29, 1.82) is 0 Å². The van der Waals surface area contributed by atoms with Gasteiger partial charge in [0.05, 0.1) is 0 Å². The quantitative estimate of drug-likeness (QED) is 0.880. The second kappa shape index (κ2) is 5.10. The zero-order valence-corrected chi connectivity index (χ0v) is 11.0. The number of nitrogens with two attached hydrogens (primary N) is 1. The lowest BCUT2D eigenvalue weighted by Gasteiger charge is -2.21. The fraction of sp³-hybridized carbons (Fsp3) is 0.583. The molecule has 0 aliphatic carbocycles. The number of carbonyl (C=O) groups excluding carboxylic acids is 1. The molecule has 1 atom stereocenters. The fourth-order valence-corrected chi connectivity index (χ4v) is 2.07. The van der Waals surface area contributed by atoms with Crippen LogP contribution in [0.25, 0.3) is 0 Å². The van der Waals surface area contributed by atoms with Gasteiger partial charge in [0.25, 0.3) is 5.91 Å². The maximum absolute atomic E-state index is 12.1. The Morgan fingerprint density at radius 3 is 2.76 bits per heavy atom. The predicted octanol–water partition coefficient (Wildman–Crippen LogP) is 1.82. The lowest BCUT2D eigenvalue weighted by molar-refractivity contribution is 0.0744. The zero-order valence-electron chi connectivity index (χ0n) is 10.2. The fourth-order valence-electron chi connectivity index (χ4n) is 2.07. The van der Waals surface area contributed by atoms with Crippen LogP contribution >= 0.6 is 12.4 Å². The van der Waals surface area contributed by atoms with E-state index in [0.29, 0.717) is 12.3 Å². The Morgan fingerprint density at radius 2 is 2.29 bits per heavy atom. The monoisotopic (exact) mass is 258 g/mol. The smallest absolute Gasteiger partial charge is 0.289 e. The van der Waals surface area contributed by atoms with Crippen LogP contribution in [0.3, 0.4) is 0 Å². The minimum atomic E-state index is -0.0229. The van der Waals surface area contributed by atoms with E-state index in [1.807, 2.05) is 17.9 Å². The molecule has 1 aromatic heterocycles. The molecule has 0 saturated carbocycles. The molecule has 2 N–H and O–H groups in total. The largest absolute Gasteiger partial charge is 0.456 e. The molecule has 1 unspecified atom stereocenters. The van der Waals surface area contributed by atoms with Crippen LogP contribution in [0.2, 0.25) is 0 Å². The number of hydrogen-bond acceptors (Lipinski definition) is 3. The van der Waals surface area contributed by atoms with Gasteiger partial charge in [0.1, 0.15) is 5.76 Å². The van der Waals surface area contributed by atoms with Gasteiger partial charge in [-0.15, -0.1) is 12.4 Å². The van der Waals surface area contributed by atoms with E-state index in [2.05, 4.69) is 6.92 Å². The van der Waals surface area contributed by atoms with Crippen molar-refractivity contribution in [2.75, 3.05) is 19.6 Å². The molecular formula is C12H19ClN2O2. The number of carbonyl (C=O) groups is 1. The van der Waals surface area contributed by atoms with E-state index in [-0.39, 0.29) is 23.7 Å². The van der Waals surface area contributed by atoms with E-state index in [9.17, 15) is 4.79 Å². The highest BCUT2D eigenvalue weighted by molar-refractivity contribution is 5.91. The Kier molecular flexibility index (Phi) is 4.22. The Morgan fingerprint density at radius 1 is 1.59 bits per heavy atom. The van der Waals surface area contributed by atoms with Crippen LogP contribution in [0, 0.1) is 12.3 Å². The number of furan rings is 1. The maximum Gasteiger partial charge on any atom is 0.289 e. The molecule has 0 spiro atoms. The molecule has 4 nitrogen and oxygen atoms in total. The number of amides is 1. The van der Waals surface area contributed by atoms with Crippen molar-refractivity contribution < 1.29 is 9.21 Å². The number of halogens is 1. The zero-order chi connectivity index (χ0) is 11.8. The van der Waals surface area contributed by atoms with E-state index in [4.69, 9.17) is 10.2 Å². The van der Waals surface area contributed by atoms with Gasteiger partial charge < -0.3 is 15.1 Å². The summed E-state index contributed by atoms with van der Waals surface area (Å²) >= 11 is 0. The lowest BCUT2D eigenvalue weighted by atomic mass is 9.90. The SMILES string of the molecule is Cc1ccc(C(=O)N2CCC(C)(CN)C2)o1.Cl. The third-order valence-corrected chi connectivity index (χ3v) is 3.29. The van der Waals surface area contributed by atoms with Crippen LogP contribution in [0.15, 0.2) is 16.5 Å². The Labute approximate surface area is 108 Å². The number of nitrogens with zero attached hydrogens (tertiary/aromatic N) is 1. The van der Waals surface area contributed by atoms with E-state index in [1.54, 1.807) is 6.07 Å².